The highest BCUT2D eigenvalue weighted by atomic mass is 16.5. The van der Waals surface area contributed by atoms with Crippen LogP contribution >= 0.6 is 0 Å². The molecule has 184 valence electrons. The van der Waals surface area contributed by atoms with E-state index < -0.39 is 5.97 Å². The molecule has 0 radical (unpaired) electrons. The summed E-state index contributed by atoms with van der Waals surface area (Å²) in [6.07, 6.45) is 4.46. The van der Waals surface area contributed by atoms with E-state index in [4.69, 9.17) is 9.84 Å². The molecule has 0 spiro atoms. The molecule has 35 heavy (non-hydrogen) atoms. The van der Waals surface area contributed by atoms with Crippen LogP contribution in [-0.4, -0.2) is 35.1 Å². The summed E-state index contributed by atoms with van der Waals surface area (Å²) in [6, 6.07) is 19.9. The van der Waals surface area contributed by atoms with E-state index in [0.717, 1.165) is 41.8 Å². The number of carboxylic acid groups (broad SMARTS) is 1. The average molecular weight is 475 g/mol. The fourth-order valence-corrected chi connectivity index (χ4v) is 3.61. The lowest BCUT2D eigenvalue weighted by Crippen LogP contribution is -2.25. The highest BCUT2D eigenvalue weighted by Gasteiger charge is 2.13. The third-order valence-corrected chi connectivity index (χ3v) is 5.75. The molecule has 3 rings (SSSR count). The van der Waals surface area contributed by atoms with Crippen LogP contribution in [0.4, 0.5) is 0 Å². The number of aromatic nitrogens is 1. The molecule has 0 fully saturated rings. The molecule has 1 amide bonds. The van der Waals surface area contributed by atoms with Gasteiger partial charge in [0.25, 0.3) is 5.91 Å². The number of nitrogens with zero attached hydrogens (tertiary/aromatic N) is 1. The van der Waals surface area contributed by atoms with Crippen molar-refractivity contribution in [2.24, 2.45) is 0 Å². The predicted molar refractivity (Wildman–Crippen MR) is 138 cm³/mol. The minimum atomic E-state index is -0.931. The number of aryl methyl sites for hydroxylation is 1. The monoisotopic (exact) mass is 474 g/mol. The third kappa shape index (κ3) is 8.25. The van der Waals surface area contributed by atoms with Gasteiger partial charge in [-0.2, -0.15) is 0 Å². The van der Waals surface area contributed by atoms with Gasteiger partial charge in [-0.25, -0.2) is 0 Å². The maximum absolute atomic E-state index is 12.0. The normalized spacial score (nSPS) is 11.2. The quantitative estimate of drug-likeness (QED) is 0.351. The number of aliphatic carboxylic acids is 1. The summed E-state index contributed by atoms with van der Waals surface area (Å²) in [4.78, 5) is 27.1. The fourth-order valence-electron chi connectivity index (χ4n) is 3.61. The van der Waals surface area contributed by atoms with E-state index in [2.05, 4.69) is 55.3 Å². The molecular weight excluding hydrogens is 440 g/mol. The Labute approximate surface area is 207 Å². The largest absolute Gasteiger partial charge is 0.492 e. The van der Waals surface area contributed by atoms with Crippen LogP contribution in [0.1, 0.15) is 61.5 Å². The van der Waals surface area contributed by atoms with Crippen molar-refractivity contribution in [3.05, 3.63) is 83.6 Å². The zero-order chi connectivity index (χ0) is 25.3. The van der Waals surface area contributed by atoms with Gasteiger partial charge in [-0.1, -0.05) is 57.2 Å². The Kier molecular flexibility index (Phi) is 9.01. The van der Waals surface area contributed by atoms with E-state index in [1.54, 1.807) is 18.3 Å². The molecule has 0 atom stereocenters. The van der Waals surface area contributed by atoms with Gasteiger partial charge in [0.05, 0.1) is 24.9 Å². The van der Waals surface area contributed by atoms with Crippen LogP contribution in [0.25, 0.3) is 11.3 Å². The lowest BCUT2D eigenvalue weighted by Gasteiger charge is -2.19. The number of carboxylic acids is 1. The summed E-state index contributed by atoms with van der Waals surface area (Å²) >= 11 is 0. The molecule has 0 saturated heterocycles. The number of hydrogen-bond acceptors (Lipinski definition) is 4. The van der Waals surface area contributed by atoms with Crippen molar-refractivity contribution in [2.75, 3.05) is 13.2 Å². The average Bonchev–Trinajstić information content (AvgIpc) is 2.84. The van der Waals surface area contributed by atoms with Crippen molar-refractivity contribution in [1.82, 2.24) is 10.3 Å². The minimum Gasteiger partial charge on any atom is -0.492 e. The lowest BCUT2D eigenvalue weighted by atomic mass is 9.86. The Morgan fingerprint density at radius 2 is 1.66 bits per heavy atom. The Morgan fingerprint density at radius 1 is 0.943 bits per heavy atom. The molecule has 0 aliphatic rings. The second-order valence-electron chi connectivity index (χ2n) is 9.61. The Bertz CT molecular complexity index is 1100. The summed E-state index contributed by atoms with van der Waals surface area (Å²) in [7, 11) is 0. The summed E-state index contributed by atoms with van der Waals surface area (Å²) in [5.74, 6) is -0.425. The first kappa shape index (κ1) is 25.9. The smallest absolute Gasteiger partial charge is 0.305 e. The van der Waals surface area contributed by atoms with E-state index in [9.17, 15) is 9.59 Å². The van der Waals surface area contributed by atoms with Gasteiger partial charge in [0.2, 0.25) is 0 Å². The molecule has 1 heterocycles. The Balaban J connectivity index is 1.38. The number of pyridine rings is 1. The predicted octanol–water partition coefficient (Wildman–Crippen LogP) is 5.65. The highest BCUT2D eigenvalue weighted by molar-refractivity contribution is 5.94. The van der Waals surface area contributed by atoms with E-state index in [0.29, 0.717) is 12.2 Å². The molecule has 0 bridgehead atoms. The summed E-state index contributed by atoms with van der Waals surface area (Å²) in [6.45, 7) is 7.36. The lowest BCUT2D eigenvalue weighted by molar-refractivity contribution is -0.136. The number of amides is 1. The molecule has 6 heteroatoms. The van der Waals surface area contributed by atoms with Gasteiger partial charge in [-0.15, -0.1) is 0 Å². The molecule has 1 aromatic heterocycles. The first-order chi connectivity index (χ1) is 16.7. The van der Waals surface area contributed by atoms with E-state index in [-0.39, 0.29) is 24.3 Å². The molecule has 0 unspecified atom stereocenters. The molecule has 0 aliphatic heterocycles. The maximum Gasteiger partial charge on any atom is 0.305 e. The topological polar surface area (TPSA) is 88.5 Å². The molecule has 3 aromatic rings. The van der Waals surface area contributed by atoms with Crippen LogP contribution in [0, 0.1) is 0 Å². The molecule has 0 saturated carbocycles. The van der Waals surface area contributed by atoms with E-state index in [1.807, 2.05) is 24.3 Å². The van der Waals surface area contributed by atoms with Gasteiger partial charge in [0.15, 0.2) is 0 Å². The number of nitrogens with one attached hydrogen (secondary N) is 1. The zero-order valence-corrected chi connectivity index (χ0v) is 20.7. The van der Waals surface area contributed by atoms with Crippen molar-refractivity contribution in [3.8, 4) is 17.0 Å². The van der Waals surface area contributed by atoms with Crippen molar-refractivity contribution in [1.29, 1.82) is 0 Å². The van der Waals surface area contributed by atoms with E-state index in [1.165, 1.54) is 5.56 Å². The van der Waals surface area contributed by atoms with E-state index >= 15 is 0 Å². The molecule has 2 N–H and O–H groups in total. The number of carbonyl (C=O) groups excluding carboxylic acids is 1. The minimum absolute atomic E-state index is 0.0858. The van der Waals surface area contributed by atoms with Crippen molar-refractivity contribution in [2.45, 2.75) is 51.9 Å². The molecule has 0 aliphatic carbocycles. The van der Waals surface area contributed by atoms with Crippen LogP contribution in [-0.2, 0) is 16.6 Å². The van der Waals surface area contributed by atoms with Gasteiger partial charge < -0.3 is 15.2 Å². The fraction of sp³-hybridized carbons (Fsp3) is 0.345. The van der Waals surface area contributed by atoms with Gasteiger partial charge in [0, 0.05) is 17.7 Å². The van der Waals surface area contributed by atoms with Gasteiger partial charge in [0.1, 0.15) is 5.75 Å². The number of unbranched alkanes of at least 4 members (excludes halogenated alkanes) is 1. The number of benzene rings is 2. The summed E-state index contributed by atoms with van der Waals surface area (Å²) in [5.41, 5.74) is 5.13. The summed E-state index contributed by atoms with van der Waals surface area (Å²) in [5, 5.41) is 11.2. The van der Waals surface area contributed by atoms with Crippen LogP contribution in [0.3, 0.4) is 0 Å². The SMILES string of the molecule is CC(C)(C)c1ccc(-c2ccc(OCCCCc3ccc(C(=O)NCCC(=O)O)cc3)cn2)cc1. The molecule has 2 aromatic carbocycles. The number of carbonyl (C=O) groups is 2. The van der Waals surface area contributed by atoms with Crippen LogP contribution in [0.2, 0.25) is 0 Å². The first-order valence-electron chi connectivity index (χ1n) is 12.0. The summed E-state index contributed by atoms with van der Waals surface area (Å²) < 4.78 is 5.85. The van der Waals surface area contributed by atoms with Crippen molar-refractivity contribution >= 4 is 11.9 Å². The number of rotatable bonds is 11. The van der Waals surface area contributed by atoms with Crippen molar-refractivity contribution in [3.63, 3.8) is 0 Å². The number of hydrogen-bond donors (Lipinski definition) is 2. The van der Waals surface area contributed by atoms with Crippen LogP contribution in [0.15, 0.2) is 66.9 Å². The van der Waals surface area contributed by atoms with Crippen LogP contribution in [0.5, 0.6) is 5.75 Å². The zero-order valence-electron chi connectivity index (χ0n) is 20.7. The van der Waals surface area contributed by atoms with Gasteiger partial charge in [-0.05, 0) is 60.1 Å². The number of ether oxygens (including phenoxy) is 1. The highest BCUT2D eigenvalue weighted by Crippen LogP contribution is 2.26. The van der Waals surface area contributed by atoms with Gasteiger partial charge >= 0.3 is 5.97 Å². The maximum atomic E-state index is 12.0. The standard InChI is InChI=1S/C29H34N2O4/c1-29(2,3)24-13-11-22(12-14-24)26-16-15-25(20-31-26)35-19-5-4-6-21-7-9-23(10-8-21)28(34)30-18-17-27(32)33/h7-16,20H,4-6,17-19H2,1-3H3,(H,30,34)(H,32,33). The van der Waals surface area contributed by atoms with Gasteiger partial charge in [-0.3, -0.25) is 14.6 Å². The first-order valence-corrected chi connectivity index (χ1v) is 12.0. The Morgan fingerprint density at radius 3 is 2.26 bits per heavy atom. The van der Waals surface area contributed by atoms with Crippen LogP contribution < -0.4 is 10.1 Å². The third-order valence-electron chi connectivity index (χ3n) is 5.75. The Hall–Kier alpha value is -3.67. The van der Waals surface area contributed by atoms with Crippen molar-refractivity contribution < 1.29 is 19.4 Å². The molecule has 6 nitrogen and oxygen atoms in total. The molecular formula is C29H34N2O4. The second kappa shape index (κ2) is 12.2. The second-order valence-corrected chi connectivity index (χ2v) is 9.61.